The van der Waals surface area contributed by atoms with E-state index in [1.165, 1.54) is 11.3 Å². The highest BCUT2D eigenvalue weighted by Crippen LogP contribution is 2.20. The monoisotopic (exact) mass is 312 g/mol. The van der Waals surface area contributed by atoms with Crippen molar-refractivity contribution in [1.29, 1.82) is 0 Å². The number of nitrogens with zero attached hydrogens (tertiary/aromatic N) is 1. The predicted molar refractivity (Wildman–Crippen MR) is 83.6 cm³/mol. The van der Waals surface area contributed by atoms with Gasteiger partial charge >= 0.3 is 5.97 Å². The molecule has 21 heavy (non-hydrogen) atoms. The van der Waals surface area contributed by atoms with Gasteiger partial charge in [0.1, 0.15) is 17.0 Å². The third kappa shape index (κ3) is 6.25. The molecule has 1 N–H and O–H groups in total. The predicted octanol–water partition coefficient (Wildman–Crippen LogP) is 2.72. The van der Waals surface area contributed by atoms with Gasteiger partial charge in [-0.2, -0.15) is 0 Å². The second-order valence-electron chi connectivity index (χ2n) is 6.39. The van der Waals surface area contributed by atoms with E-state index >= 15 is 0 Å². The molecule has 0 saturated heterocycles. The van der Waals surface area contributed by atoms with E-state index in [9.17, 15) is 9.59 Å². The van der Waals surface area contributed by atoms with Gasteiger partial charge in [0.05, 0.1) is 10.7 Å². The Bertz CT molecular complexity index is 515. The highest BCUT2D eigenvalue weighted by Gasteiger charge is 2.19. The molecule has 0 atom stereocenters. The lowest BCUT2D eigenvalue weighted by Crippen LogP contribution is -2.34. The molecule has 118 valence electrons. The summed E-state index contributed by atoms with van der Waals surface area (Å²) in [5.41, 5.74) is 0.157. The van der Waals surface area contributed by atoms with E-state index in [0.29, 0.717) is 16.5 Å². The summed E-state index contributed by atoms with van der Waals surface area (Å²) in [6.45, 7) is 11.3. The van der Waals surface area contributed by atoms with Crippen LogP contribution in [0.2, 0.25) is 0 Å². The van der Waals surface area contributed by atoms with Crippen molar-refractivity contribution in [2.45, 2.75) is 53.6 Å². The minimum absolute atomic E-state index is 0.132. The van der Waals surface area contributed by atoms with Crippen LogP contribution in [-0.4, -0.2) is 29.0 Å². The number of aryl methyl sites for hydroxylation is 1. The van der Waals surface area contributed by atoms with E-state index in [1.807, 2.05) is 6.92 Å². The maximum atomic E-state index is 12.1. The van der Waals surface area contributed by atoms with Crippen molar-refractivity contribution in [3.05, 3.63) is 15.6 Å². The number of esters is 1. The SMILES string of the molecule is Cc1nc(CC(C)C)sc1C(=O)NCC(=O)OC(C)(C)C. The van der Waals surface area contributed by atoms with Crippen LogP contribution in [0.5, 0.6) is 0 Å². The van der Waals surface area contributed by atoms with Crippen LogP contribution in [0.4, 0.5) is 0 Å². The first-order chi connectivity index (χ1) is 9.58. The summed E-state index contributed by atoms with van der Waals surface area (Å²) in [7, 11) is 0. The lowest BCUT2D eigenvalue weighted by Gasteiger charge is -2.19. The molecular weight excluding hydrogens is 288 g/mol. The molecule has 1 amide bonds. The van der Waals surface area contributed by atoms with E-state index < -0.39 is 11.6 Å². The summed E-state index contributed by atoms with van der Waals surface area (Å²) in [5, 5.41) is 3.53. The molecule has 0 aromatic carbocycles. The third-order valence-electron chi connectivity index (χ3n) is 2.44. The molecule has 0 fully saturated rings. The smallest absolute Gasteiger partial charge is 0.325 e. The molecule has 0 bridgehead atoms. The molecular formula is C15H24N2O3S. The number of carbonyl (C=O) groups excluding carboxylic acids is 2. The van der Waals surface area contributed by atoms with Crippen LogP contribution in [0, 0.1) is 12.8 Å². The van der Waals surface area contributed by atoms with Gasteiger partial charge in [-0.3, -0.25) is 9.59 Å². The summed E-state index contributed by atoms with van der Waals surface area (Å²) in [6.07, 6.45) is 0.852. The van der Waals surface area contributed by atoms with Gasteiger partial charge in [0, 0.05) is 6.42 Å². The van der Waals surface area contributed by atoms with Crippen LogP contribution in [0.3, 0.4) is 0 Å². The van der Waals surface area contributed by atoms with E-state index in [2.05, 4.69) is 24.1 Å². The molecule has 1 aromatic heterocycles. The minimum atomic E-state index is -0.549. The van der Waals surface area contributed by atoms with E-state index in [4.69, 9.17) is 4.74 Å². The summed E-state index contributed by atoms with van der Waals surface area (Å²) in [6, 6.07) is 0. The van der Waals surface area contributed by atoms with Crippen LogP contribution in [0.1, 0.15) is 55.0 Å². The second-order valence-corrected chi connectivity index (χ2v) is 7.47. The Kier molecular flexibility index (Phi) is 5.89. The van der Waals surface area contributed by atoms with Crippen molar-refractivity contribution in [1.82, 2.24) is 10.3 Å². The molecule has 0 aliphatic heterocycles. The zero-order valence-corrected chi connectivity index (χ0v) is 14.4. The average Bonchev–Trinajstić information content (AvgIpc) is 2.64. The fraction of sp³-hybridized carbons (Fsp3) is 0.667. The highest BCUT2D eigenvalue weighted by atomic mass is 32.1. The Balaban J connectivity index is 2.60. The first-order valence-corrected chi connectivity index (χ1v) is 7.86. The number of aromatic nitrogens is 1. The molecule has 6 heteroatoms. The topological polar surface area (TPSA) is 68.3 Å². The fourth-order valence-corrected chi connectivity index (χ4v) is 2.90. The summed E-state index contributed by atoms with van der Waals surface area (Å²) >= 11 is 1.39. The van der Waals surface area contributed by atoms with Gasteiger partial charge in [0.15, 0.2) is 0 Å². The first-order valence-electron chi connectivity index (χ1n) is 7.05. The van der Waals surface area contributed by atoms with Crippen LogP contribution in [0.15, 0.2) is 0 Å². The molecule has 0 aliphatic carbocycles. The van der Waals surface area contributed by atoms with Crippen molar-refractivity contribution in [2.24, 2.45) is 5.92 Å². The van der Waals surface area contributed by atoms with Crippen molar-refractivity contribution in [3.8, 4) is 0 Å². The quantitative estimate of drug-likeness (QED) is 0.849. The van der Waals surface area contributed by atoms with Gasteiger partial charge in [-0.05, 0) is 33.6 Å². The number of amides is 1. The van der Waals surface area contributed by atoms with Crippen molar-refractivity contribution in [3.63, 3.8) is 0 Å². The highest BCUT2D eigenvalue weighted by molar-refractivity contribution is 7.13. The zero-order valence-electron chi connectivity index (χ0n) is 13.6. The van der Waals surface area contributed by atoms with Crippen molar-refractivity contribution < 1.29 is 14.3 Å². The van der Waals surface area contributed by atoms with Crippen LogP contribution >= 0.6 is 11.3 Å². The fourth-order valence-electron chi connectivity index (χ4n) is 1.71. The Morgan fingerprint density at radius 1 is 1.33 bits per heavy atom. The lowest BCUT2D eigenvalue weighted by molar-refractivity contribution is -0.153. The summed E-state index contributed by atoms with van der Waals surface area (Å²) < 4.78 is 5.15. The Labute approximate surface area is 130 Å². The maximum absolute atomic E-state index is 12.1. The Hall–Kier alpha value is -1.43. The second kappa shape index (κ2) is 7.02. The largest absolute Gasteiger partial charge is 0.459 e. The van der Waals surface area contributed by atoms with Gasteiger partial charge in [0.25, 0.3) is 5.91 Å². The summed E-state index contributed by atoms with van der Waals surface area (Å²) in [5.74, 6) is -0.223. The molecule has 0 radical (unpaired) electrons. The molecule has 0 unspecified atom stereocenters. The number of ether oxygens (including phenoxy) is 1. The minimum Gasteiger partial charge on any atom is -0.459 e. The molecule has 0 spiro atoms. The van der Waals surface area contributed by atoms with Gasteiger partial charge in [0.2, 0.25) is 0 Å². The van der Waals surface area contributed by atoms with Crippen LogP contribution in [0.25, 0.3) is 0 Å². The van der Waals surface area contributed by atoms with E-state index in [0.717, 1.165) is 11.4 Å². The van der Waals surface area contributed by atoms with Crippen LogP contribution in [-0.2, 0) is 16.0 Å². The van der Waals surface area contributed by atoms with Gasteiger partial charge in [-0.25, -0.2) is 4.98 Å². The first kappa shape index (κ1) is 17.6. The molecule has 1 aromatic rings. The number of nitrogens with one attached hydrogen (secondary N) is 1. The summed E-state index contributed by atoms with van der Waals surface area (Å²) in [4.78, 5) is 28.6. The molecule has 0 aliphatic rings. The Morgan fingerprint density at radius 3 is 2.48 bits per heavy atom. The third-order valence-corrected chi connectivity index (χ3v) is 3.62. The maximum Gasteiger partial charge on any atom is 0.325 e. The molecule has 1 rings (SSSR count). The van der Waals surface area contributed by atoms with Crippen molar-refractivity contribution >= 4 is 23.2 Å². The van der Waals surface area contributed by atoms with Gasteiger partial charge in [-0.15, -0.1) is 11.3 Å². The molecule has 1 heterocycles. The normalized spacial score (nSPS) is 11.6. The lowest BCUT2D eigenvalue weighted by atomic mass is 10.1. The number of carbonyl (C=O) groups is 2. The molecule has 5 nitrogen and oxygen atoms in total. The number of hydrogen-bond acceptors (Lipinski definition) is 5. The Morgan fingerprint density at radius 2 is 1.95 bits per heavy atom. The zero-order chi connectivity index (χ0) is 16.2. The van der Waals surface area contributed by atoms with E-state index in [1.54, 1.807) is 20.8 Å². The standard InChI is InChI=1S/C15H24N2O3S/c1-9(2)7-11-17-10(3)13(21-11)14(19)16-8-12(18)20-15(4,5)6/h9H,7-8H2,1-6H3,(H,16,19). The average molecular weight is 312 g/mol. The van der Waals surface area contributed by atoms with E-state index in [-0.39, 0.29) is 12.5 Å². The molecule has 0 saturated carbocycles. The van der Waals surface area contributed by atoms with Crippen molar-refractivity contribution in [2.75, 3.05) is 6.54 Å². The number of hydrogen-bond donors (Lipinski definition) is 1. The van der Waals surface area contributed by atoms with Crippen LogP contribution < -0.4 is 5.32 Å². The number of thiazole rings is 1. The van der Waals surface area contributed by atoms with Gasteiger partial charge < -0.3 is 10.1 Å². The number of rotatable bonds is 5. The van der Waals surface area contributed by atoms with Gasteiger partial charge in [-0.1, -0.05) is 13.8 Å².